The molecule has 6 nitrogen and oxygen atoms in total. The lowest BCUT2D eigenvalue weighted by molar-refractivity contribution is 0.277. The van der Waals surface area contributed by atoms with Crippen molar-refractivity contribution in [3.63, 3.8) is 0 Å². The maximum atomic E-state index is 8.96. The first kappa shape index (κ1) is 14.7. The van der Waals surface area contributed by atoms with Crippen LogP contribution in [0.4, 0.5) is 0 Å². The van der Waals surface area contributed by atoms with Crippen molar-refractivity contribution >= 4 is 11.6 Å². The minimum atomic E-state index is 0.104. The van der Waals surface area contributed by atoms with Gasteiger partial charge in [0, 0.05) is 29.8 Å². The number of rotatable bonds is 5. The molecule has 0 aliphatic rings. The average Bonchev–Trinajstić information content (AvgIpc) is 3.12. The largest absolute Gasteiger partial charge is 0.396 e. The van der Waals surface area contributed by atoms with Crippen LogP contribution in [0.1, 0.15) is 12.2 Å². The highest BCUT2D eigenvalue weighted by molar-refractivity contribution is 6.30. The van der Waals surface area contributed by atoms with Gasteiger partial charge in [-0.2, -0.15) is 5.10 Å². The Bertz CT molecular complexity index is 764. The number of aryl methyl sites for hydroxylation is 2. The molecule has 7 heteroatoms. The molecule has 0 bridgehead atoms. The molecule has 0 saturated heterocycles. The molecule has 0 aliphatic carbocycles. The molecule has 0 aliphatic heterocycles. The van der Waals surface area contributed by atoms with Gasteiger partial charge in [0.05, 0.1) is 0 Å². The van der Waals surface area contributed by atoms with Crippen molar-refractivity contribution in [1.82, 2.24) is 19.9 Å². The summed E-state index contributed by atoms with van der Waals surface area (Å²) >= 11 is 5.88. The summed E-state index contributed by atoms with van der Waals surface area (Å²) in [6.07, 6.45) is 0.609. The van der Waals surface area contributed by atoms with Crippen LogP contribution in [0.2, 0.25) is 5.02 Å². The first-order chi connectivity index (χ1) is 10.7. The summed E-state index contributed by atoms with van der Waals surface area (Å²) in [6, 6.07) is 9.16. The van der Waals surface area contributed by atoms with Crippen LogP contribution in [0.15, 0.2) is 34.9 Å². The molecule has 22 heavy (non-hydrogen) atoms. The zero-order chi connectivity index (χ0) is 15.5. The van der Waals surface area contributed by atoms with Crippen LogP contribution in [0.5, 0.6) is 0 Å². The van der Waals surface area contributed by atoms with Gasteiger partial charge in [-0.1, -0.05) is 16.8 Å². The Morgan fingerprint density at radius 1 is 1.27 bits per heavy atom. The van der Waals surface area contributed by atoms with Gasteiger partial charge in [0.25, 0.3) is 0 Å². The summed E-state index contributed by atoms with van der Waals surface area (Å²) in [4.78, 5) is 4.38. The summed E-state index contributed by atoms with van der Waals surface area (Å²) in [6.45, 7) is 2.50. The summed E-state index contributed by atoms with van der Waals surface area (Å²) < 4.78 is 7.12. The molecule has 1 N–H and O–H groups in total. The zero-order valence-corrected chi connectivity index (χ0v) is 12.8. The lowest BCUT2D eigenvalue weighted by Gasteiger charge is -2.01. The lowest BCUT2D eigenvalue weighted by atomic mass is 10.1. The number of hydrogen-bond acceptors (Lipinski definition) is 5. The van der Waals surface area contributed by atoms with Gasteiger partial charge in [-0.25, -0.2) is 9.67 Å². The Morgan fingerprint density at radius 3 is 2.77 bits per heavy atom. The van der Waals surface area contributed by atoms with E-state index in [0.717, 1.165) is 5.56 Å². The summed E-state index contributed by atoms with van der Waals surface area (Å²) in [7, 11) is 0. The molecule has 114 valence electrons. The Kier molecular flexibility index (Phi) is 4.22. The summed E-state index contributed by atoms with van der Waals surface area (Å²) in [5, 5.41) is 18.0. The molecule has 1 aromatic carbocycles. The van der Waals surface area contributed by atoms with Crippen molar-refractivity contribution in [2.75, 3.05) is 6.61 Å². The lowest BCUT2D eigenvalue weighted by Crippen LogP contribution is -2.04. The van der Waals surface area contributed by atoms with E-state index >= 15 is 0 Å². The third-order valence-electron chi connectivity index (χ3n) is 3.17. The topological polar surface area (TPSA) is 77.0 Å². The van der Waals surface area contributed by atoms with Crippen LogP contribution in [0.3, 0.4) is 0 Å². The van der Waals surface area contributed by atoms with Gasteiger partial charge < -0.3 is 9.63 Å². The van der Waals surface area contributed by atoms with E-state index in [0.29, 0.717) is 41.1 Å². The number of halogens is 1. The summed E-state index contributed by atoms with van der Waals surface area (Å²) in [5.41, 5.74) is 1.50. The van der Waals surface area contributed by atoms with Crippen molar-refractivity contribution in [2.45, 2.75) is 19.9 Å². The molecule has 0 fully saturated rings. The molecule has 3 rings (SSSR count). The average molecular weight is 319 g/mol. The molecule has 0 saturated carbocycles. The van der Waals surface area contributed by atoms with E-state index in [9.17, 15) is 0 Å². The van der Waals surface area contributed by atoms with Gasteiger partial charge in [0.1, 0.15) is 5.82 Å². The fourth-order valence-electron chi connectivity index (χ4n) is 2.15. The van der Waals surface area contributed by atoms with E-state index < -0.39 is 0 Å². The Balaban J connectivity index is 1.92. The maximum Gasteiger partial charge on any atom is 0.180 e. The van der Waals surface area contributed by atoms with Crippen molar-refractivity contribution in [1.29, 1.82) is 0 Å². The van der Waals surface area contributed by atoms with Crippen LogP contribution in [-0.4, -0.2) is 31.6 Å². The molecular weight excluding hydrogens is 304 g/mol. The fourth-order valence-corrected chi connectivity index (χ4v) is 2.28. The number of aliphatic hydroxyl groups excluding tert-OH is 1. The van der Waals surface area contributed by atoms with Crippen molar-refractivity contribution in [2.24, 2.45) is 0 Å². The second-order valence-electron chi connectivity index (χ2n) is 4.87. The minimum Gasteiger partial charge on any atom is -0.396 e. The highest BCUT2D eigenvalue weighted by atomic mass is 35.5. The molecule has 0 atom stereocenters. The minimum absolute atomic E-state index is 0.104. The normalized spacial score (nSPS) is 11.0. The number of aliphatic hydroxyl groups is 1. The van der Waals surface area contributed by atoms with E-state index in [-0.39, 0.29) is 6.61 Å². The number of nitrogens with zero attached hydrogens (tertiary/aromatic N) is 4. The second kappa shape index (κ2) is 6.29. The van der Waals surface area contributed by atoms with Crippen molar-refractivity contribution in [3.05, 3.63) is 41.2 Å². The predicted octanol–water partition coefficient (Wildman–Crippen LogP) is 2.94. The quantitative estimate of drug-likeness (QED) is 0.782. The van der Waals surface area contributed by atoms with Gasteiger partial charge in [0.2, 0.25) is 0 Å². The highest BCUT2D eigenvalue weighted by Crippen LogP contribution is 2.26. The number of hydrogen-bond donors (Lipinski definition) is 1. The Morgan fingerprint density at radius 2 is 2.05 bits per heavy atom. The van der Waals surface area contributed by atoms with Crippen LogP contribution < -0.4 is 0 Å². The molecule has 2 heterocycles. The monoisotopic (exact) mass is 318 g/mol. The smallest absolute Gasteiger partial charge is 0.180 e. The van der Waals surface area contributed by atoms with Crippen molar-refractivity contribution in [3.8, 4) is 22.8 Å². The number of aromatic nitrogens is 4. The summed E-state index contributed by atoms with van der Waals surface area (Å²) in [5.74, 6) is 1.93. The standard InChI is InChI=1S/C15H15ClN4O2/c1-10-17-15(20(18-10)7-2-8-21)13-9-14(22-19-13)11-3-5-12(16)6-4-11/h3-6,9,21H,2,7-8H2,1H3. The van der Waals surface area contributed by atoms with Gasteiger partial charge in [-0.3, -0.25) is 0 Å². The molecule has 0 spiro atoms. The van der Waals surface area contributed by atoms with Gasteiger partial charge >= 0.3 is 0 Å². The van der Waals surface area contributed by atoms with E-state index in [1.807, 2.05) is 25.1 Å². The fraction of sp³-hybridized carbons (Fsp3) is 0.267. The molecular formula is C15H15ClN4O2. The van der Waals surface area contributed by atoms with E-state index in [2.05, 4.69) is 15.2 Å². The van der Waals surface area contributed by atoms with Gasteiger partial charge in [-0.05, 0) is 37.6 Å². The first-order valence-corrected chi connectivity index (χ1v) is 7.30. The molecule has 3 aromatic rings. The van der Waals surface area contributed by atoms with E-state index in [1.54, 1.807) is 16.8 Å². The SMILES string of the molecule is Cc1nc(-c2cc(-c3ccc(Cl)cc3)on2)n(CCCO)n1. The second-order valence-corrected chi connectivity index (χ2v) is 5.30. The van der Waals surface area contributed by atoms with Crippen LogP contribution in [0, 0.1) is 6.92 Å². The molecule has 0 radical (unpaired) electrons. The Labute approximate surface area is 132 Å². The van der Waals surface area contributed by atoms with Crippen molar-refractivity contribution < 1.29 is 9.63 Å². The molecule has 2 aromatic heterocycles. The van der Waals surface area contributed by atoms with E-state index in [4.69, 9.17) is 21.2 Å². The van der Waals surface area contributed by atoms with Crippen LogP contribution in [-0.2, 0) is 6.54 Å². The van der Waals surface area contributed by atoms with Crippen LogP contribution in [0.25, 0.3) is 22.8 Å². The van der Waals surface area contributed by atoms with Crippen LogP contribution >= 0.6 is 11.6 Å². The van der Waals surface area contributed by atoms with E-state index in [1.165, 1.54) is 0 Å². The molecule has 0 amide bonds. The maximum absolute atomic E-state index is 8.96. The van der Waals surface area contributed by atoms with Gasteiger partial charge in [0.15, 0.2) is 17.3 Å². The van der Waals surface area contributed by atoms with Gasteiger partial charge in [-0.15, -0.1) is 0 Å². The third kappa shape index (κ3) is 3.03. The predicted molar refractivity (Wildman–Crippen MR) is 82.4 cm³/mol. The zero-order valence-electron chi connectivity index (χ0n) is 12.0. The molecule has 0 unspecified atom stereocenters. The third-order valence-corrected chi connectivity index (χ3v) is 3.43. The highest BCUT2D eigenvalue weighted by Gasteiger charge is 2.15. The Hall–Kier alpha value is -2.18. The first-order valence-electron chi connectivity index (χ1n) is 6.92. The number of benzene rings is 1.